The van der Waals surface area contributed by atoms with Crippen molar-refractivity contribution in [2.24, 2.45) is 0 Å². The Bertz CT molecular complexity index is 1130. The van der Waals surface area contributed by atoms with Crippen LogP contribution in [0.4, 0.5) is 9.52 Å². The van der Waals surface area contributed by atoms with Crippen LogP contribution in [0.2, 0.25) is 0 Å². The lowest BCUT2D eigenvalue weighted by Gasteiger charge is -2.21. The minimum absolute atomic E-state index is 0.0501. The Labute approximate surface area is 194 Å². The summed E-state index contributed by atoms with van der Waals surface area (Å²) >= 11 is 1.22. The van der Waals surface area contributed by atoms with E-state index in [2.05, 4.69) is 15.6 Å². The monoisotopic (exact) mass is 466 g/mol. The van der Waals surface area contributed by atoms with E-state index in [0.29, 0.717) is 22.9 Å². The van der Waals surface area contributed by atoms with Gasteiger partial charge in [0.2, 0.25) is 11.8 Å². The number of thiazole rings is 1. The normalized spacial score (nSPS) is 12.8. The lowest BCUT2D eigenvalue weighted by molar-refractivity contribution is -0.120. The van der Waals surface area contributed by atoms with Crippen molar-refractivity contribution in [1.29, 1.82) is 0 Å². The molecule has 1 saturated carbocycles. The van der Waals surface area contributed by atoms with Crippen molar-refractivity contribution in [3.8, 4) is 0 Å². The largest absolute Gasteiger partial charge is 0.352 e. The highest BCUT2D eigenvalue weighted by atomic mass is 32.1. The molecular formula is C24H23FN4O3S. The average molecular weight is 467 g/mol. The van der Waals surface area contributed by atoms with Crippen LogP contribution in [0.1, 0.15) is 34.5 Å². The van der Waals surface area contributed by atoms with E-state index in [0.717, 1.165) is 18.4 Å². The van der Waals surface area contributed by atoms with Gasteiger partial charge in [-0.15, -0.1) is 11.3 Å². The lowest BCUT2D eigenvalue weighted by atomic mass is 10.2. The van der Waals surface area contributed by atoms with Gasteiger partial charge in [-0.1, -0.05) is 30.3 Å². The molecule has 1 fully saturated rings. The summed E-state index contributed by atoms with van der Waals surface area (Å²) in [5.74, 6) is -1.04. The van der Waals surface area contributed by atoms with Gasteiger partial charge in [0, 0.05) is 23.5 Å². The molecule has 3 amide bonds. The second-order valence-corrected chi connectivity index (χ2v) is 8.66. The Hall–Kier alpha value is -3.59. The van der Waals surface area contributed by atoms with E-state index in [-0.39, 0.29) is 42.5 Å². The summed E-state index contributed by atoms with van der Waals surface area (Å²) in [4.78, 5) is 43.4. The van der Waals surface area contributed by atoms with E-state index in [9.17, 15) is 18.8 Å². The molecule has 0 aliphatic heterocycles. The quantitative estimate of drug-likeness (QED) is 0.506. The first-order valence-electron chi connectivity index (χ1n) is 10.6. The second kappa shape index (κ2) is 10.4. The molecule has 3 aromatic rings. The Morgan fingerprint density at radius 3 is 2.45 bits per heavy atom. The highest BCUT2D eigenvalue weighted by Crippen LogP contribution is 2.28. The Kier molecular flexibility index (Phi) is 7.09. The van der Waals surface area contributed by atoms with Crippen molar-refractivity contribution in [3.05, 3.63) is 82.6 Å². The van der Waals surface area contributed by atoms with E-state index in [1.165, 1.54) is 23.5 Å². The fourth-order valence-electron chi connectivity index (χ4n) is 3.29. The maximum atomic E-state index is 13.0. The fraction of sp³-hybridized carbons (Fsp3) is 0.250. The predicted molar refractivity (Wildman–Crippen MR) is 123 cm³/mol. The van der Waals surface area contributed by atoms with Gasteiger partial charge >= 0.3 is 0 Å². The van der Waals surface area contributed by atoms with Crippen LogP contribution in [0.25, 0.3) is 0 Å². The van der Waals surface area contributed by atoms with Crippen LogP contribution in [-0.2, 0) is 22.6 Å². The summed E-state index contributed by atoms with van der Waals surface area (Å²) < 4.78 is 13.0. The van der Waals surface area contributed by atoms with Crippen molar-refractivity contribution in [2.45, 2.75) is 31.8 Å². The number of nitrogens with one attached hydrogen (secondary N) is 2. The van der Waals surface area contributed by atoms with Gasteiger partial charge in [0.05, 0.1) is 12.1 Å². The molecule has 9 heteroatoms. The minimum atomic E-state index is -0.327. The molecule has 2 N–H and O–H groups in total. The van der Waals surface area contributed by atoms with E-state index in [4.69, 9.17) is 0 Å². The van der Waals surface area contributed by atoms with E-state index in [1.807, 2.05) is 6.07 Å². The molecule has 1 aliphatic rings. The van der Waals surface area contributed by atoms with Crippen molar-refractivity contribution >= 4 is 34.2 Å². The van der Waals surface area contributed by atoms with Gasteiger partial charge in [0.1, 0.15) is 12.4 Å². The number of amides is 3. The molecule has 0 saturated heterocycles. The summed E-state index contributed by atoms with van der Waals surface area (Å²) in [7, 11) is 0. The number of carbonyl (C=O) groups excluding carboxylic acids is 3. The Balaban J connectivity index is 1.27. The second-order valence-electron chi connectivity index (χ2n) is 7.80. The third kappa shape index (κ3) is 6.45. The summed E-state index contributed by atoms with van der Waals surface area (Å²) in [6.45, 7) is 0.241. The van der Waals surface area contributed by atoms with Crippen LogP contribution >= 0.6 is 11.3 Å². The first kappa shape index (κ1) is 22.6. The van der Waals surface area contributed by atoms with Crippen LogP contribution in [0.15, 0.2) is 60.0 Å². The first-order valence-corrected chi connectivity index (χ1v) is 11.5. The number of benzene rings is 2. The zero-order valence-electron chi connectivity index (χ0n) is 17.8. The van der Waals surface area contributed by atoms with Crippen LogP contribution in [-0.4, -0.2) is 40.2 Å². The number of hydrogen-bond acceptors (Lipinski definition) is 5. The Morgan fingerprint density at radius 2 is 1.76 bits per heavy atom. The van der Waals surface area contributed by atoms with Crippen LogP contribution in [0.5, 0.6) is 0 Å². The lowest BCUT2D eigenvalue weighted by Crippen LogP contribution is -2.39. The minimum Gasteiger partial charge on any atom is -0.352 e. The van der Waals surface area contributed by atoms with Crippen molar-refractivity contribution in [3.63, 3.8) is 0 Å². The number of nitrogens with zero attached hydrogens (tertiary/aromatic N) is 2. The maximum absolute atomic E-state index is 13.0. The predicted octanol–water partition coefficient (Wildman–Crippen LogP) is 3.38. The molecule has 0 bridgehead atoms. The van der Waals surface area contributed by atoms with Gasteiger partial charge in [0.15, 0.2) is 5.13 Å². The maximum Gasteiger partial charge on any atom is 0.254 e. The fourth-order valence-corrected chi connectivity index (χ4v) is 4.01. The molecule has 1 aliphatic carbocycles. The van der Waals surface area contributed by atoms with Crippen LogP contribution in [0.3, 0.4) is 0 Å². The third-order valence-electron chi connectivity index (χ3n) is 5.13. The molecular weight excluding hydrogens is 443 g/mol. The molecule has 4 rings (SSSR count). The van der Waals surface area contributed by atoms with Gasteiger partial charge in [0.25, 0.3) is 5.91 Å². The van der Waals surface area contributed by atoms with Gasteiger partial charge < -0.3 is 15.5 Å². The summed E-state index contributed by atoms with van der Waals surface area (Å²) in [5.41, 5.74) is 1.88. The van der Waals surface area contributed by atoms with Crippen LogP contribution < -0.4 is 10.6 Å². The highest BCUT2D eigenvalue weighted by molar-refractivity contribution is 7.13. The summed E-state index contributed by atoms with van der Waals surface area (Å²) in [6, 6.07) is 14.9. The smallest absolute Gasteiger partial charge is 0.254 e. The van der Waals surface area contributed by atoms with E-state index < -0.39 is 0 Å². The molecule has 7 nitrogen and oxygen atoms in total. The van der Waals surface area contributed by atoms with Crippen LogP contribution in [0, 0.1) is 5.82 Å². The molecule has 0 spiro atoms. The molecule has 1 heterocycles. The summed E-state index contributed by atoms with van der Waals surface area (Å²) in [5, 5.41) is 7.58. The first-order chi connectivity index (χ1) is 16.0. The SMILES string of the molecule is O=C(Cc1csc(NC(=O)CN(C(=O)c2ccccc2)C2CC2)n1)NCc1ccc(F)cc1. The number of rotatable bonds is 9. The molecule has 170 valence electrons. The number of halogens is 1. The molecule has 0 unspecified atom stereocenters. The zero-order chi connectivity index (χ0) is 23.2. The summed E-state index contributed by atoms with van der Waals surface area (Å²) in [6.07, 6.45) is 1.84. The van der Waals surface area contributed by atoms with Crippen molar-refractivity contribution in [2.75, 3.05) is 11.9 Å². The molecule has 1 aromatic heterocycles. The molecule has 2 aromatic carbocycles. The molecule has 33 heavy (non-hydrogen) atoms. The number of carbonyl (C=O) groups is 3. The van der Waals surface area contributed by atoms with Gasteiger partial charge in [-0.2, -0.15) is 0 Å². The number of hydrogen-bond donors (Lipinski definition) is 2. The number of aromatic nitrogens is 1. The third-order valence-corrected chi connectivity index (χ3v) is 5.93. The molecule has 0 atom stereocenters. The van der Waals surface area contributed by atoms with Gasteiger partial charge in [-0.25, -0.2) is 9.37 Å². The van der Waals surface area contributed by atoms with Gasteiger partial charge in [-0.05, 0) is 42.7 Å². The van der Waals surface area contributed by atoms with Gasteiger partial charge in [-0.3, -0.25) is 14.4 Å². The zero-order valence-corrected chi connectivity index (χ0v) is 18.6. The van der Waals surface area contributed by atoms with E-state index >= 15 is 0 Å². The molecule has 0 radical (unpaired) electrons. The highest BCUT2D eigenvalue weighted by Gasteiger charge is 2.34. The van der Waals surface area contributed by atoms with Crippen molar-refractivity contribution < 1.29 is 18.8 Å². The number of anilines is 1. The topological polar surface area (TPSA) is 91.4 Å². The standard InChI is InChI=1S/C24H23FN4O3S/c25-18-8-6-16(7-9-18)13-26-21(30)12-19-15-33-24(27-19)28-22(31)14-29(20-10-11-20)23(32)17-4-2-1-3-5-17/h1-9,15,20H,10-14H2,(H,26,30)(H,27,28,31). The van der Waals surface area contributed by atoms with Crippen molar-refractivity contribution in [1.82, 2.24) is 15.2 Å². The Morgan fingerprint density at radius 1 is 1.03 bits per heavy atom. The van der Waals surface area contributed by atoms with E-state index in [1.54, 1.807) is 46.7 Å². The average Bonchev–Trinajstić information content (AvgIpc) is 3.57.